The fourth-order valence-electron chi connectivity index (χ4n) is 2.89. The number of carboxylic acids is 1. The standard InChI is InChI=1S/C14H15ClN2O4/c1-21-11-3-2-8-12(13(11)15)7-4-10(14(19)20)17(6-18)5-9(7)16-8/h2-3,10,16,18H,4-6H2,1H3,(H,19,20). The van der Waals surface area contributed by atoms with Gasteiger partial charge in [-0.05, 0) is 17.7 Å². The number of nitrogens with zero attached hydrogens (tertiary/aromatic N) is 1. The molecule has 0 saturated carbocycles. The summed E-state index contributed by atoms with van der Waals surface area (Å²) in [5.41, 5.74) is 2.60. The molecule has 1 atom stereocenters. The Hall–Kier alpha value is -1.76. The van der Waals surface area contributed by atoms with Crippen LogP contribution in [0.5, 0.6) is 5.75 Å². The van der Waals surface area contributed by atoms with Crippen LogP contribution in [-0.4, -0.2) is 45.9 Å². The highest BCUT2D eigenvalue weighted by molar-refractivity contribution is 6.37. The summed E-state index contributed by atoms with van der Waals surface area (Å²) >= 11 is 6.36. The van der Waals surface area contributed by atoms with Crippen LogP contribution in [0.25, 0.3) is 10.9 Å². The van der Waals surface area contributed by atoms with Crippen LogP contribution in [0.3, 0.4) is 0 Å². The van der Waals surface area contributed by atoms with E-state index in [1.165, 1.54) is 4.90 Å². The molecule has 21 heavy (non-hydrogen) atoms. The smallest absolute Gasteiger partial charge is 0.321 e. The Labute approximate surface area is 125 Å². The lowest BCUT2D eigenvalue weighted by Gasteiger charge is -2.31. The first-order valence-corrected chi connectivity index (χ1v) is 6.88. The van der Waals surface area contributed by atoms with E-state index in [-0.39, 0.29) is 13.2 Å². The highest BCUT2D eigenvalue weighted by Gasteiger charge is 2.33. The van der Waals surface area contributed by atoms with Crippen molar-refractivity contribution < 1.29 is 19.7 Å². The minimum atomic E-state index is -0.955. The molecule has 6 nitrogen and oxygen atoms in total. The van der Waals surface area contributed by atoms with Gasteiger partial charge in [0.25, 0.3) is 0 Å². The number of aliphatic carboxylic acids is 1. The molecule has 2 heterocycles. The van der Waals surface area contributed by atoms with Crippen molar-refractivity contribution in [2.24, 2.45) is 0 Å². The third-order valence-electron chi connectivity index (χ3n) is 3.94. The number of methoxy groups -OCH3 is 1. The van der Waals surface area contributed by atoms with Crippen molar-refractivity contribution in [3.63, 3.8) is 0 Å². The summed E-state index contributed by atoms with van der Waals surface area (Å²) < 4.78 is 5.22. The SMILES string of the molecule is COc1ccc2[nH]c3c(c2c1Cl)CC(C(=O)O)N(CO)C3. The predicted octanol–water partition coefficient (Wildman–Crippen LogP) is 1.59. The summed E-state index contributed by atoms with van der Waals surface area (Å²) in [4.78, 5) is 16.1. The molecule has 7 heteroatoms. The van der Waals surface area contributed by atoms with E-state index in [4.69, 9.17) is 16.3 Å². The van der Waals surface area contributed by atoms with Gasteiger partial charge in [-0.2, -0.15) is 0 Å². The average molecular weight is 311 g/mol. The summed E-state index contributed by atoms with van der Waals surface area (Å²) in [6, 6.07) is 2.87. The molecule has 0 saturated heterocycles. The Bertz CT molecular complexity index is 713. The van der Waals surface area contributed by atoms with Crippen molar-refractivity contribution in [2.75, 3.05) is 13.8 Å². The number of hydrogen-bond acceptors (Lipinski definition) is 4. The Balaban J connectivity index is 2.17. The first kappa shape index (κ1) is 14.2. The zero-order chi connectivity index (χ0) is 15.1. The summed E-state index contributed by atoms with van der Waals surface area (Å²) in [6.45, 7) is 0.0406. The number of rotatable bonds is 3. The molecule has 3 N–H and O–H groups in total. The van der Waals surface area contributed by atoms with E-state index >= 15 is 0 Å². The summed E-state index contributed by atoms with van der Waals surface area (Å²) in [6.07, 6.45) is 0.290. The molecule has 0 radical (unpaired) electrons. The average Bonchev–Trinajstić information content (AvgIpc) is 2.84. The zero-order valence-corrected chi connectivity index (χ0v) is 12.1. The van der Waals surface area contributed by atoms with Gasteiger partial charge in [-0.3, -0.25) is 9.69 Å². The number of aliphatic hydroxyl groups excluding tert-OH is 1. The third-order valence-corrected chi connectivity index (χ3v) is 4.32. The summed E-state index contributed by atoms with van der Waals surface area (Å²) in [7, 11) is 1.54. The van der Waals surface area contributed by atoms with Gasteiger partial charge in [0.2, 0.25) is 0 Å². The molecule has 3 rings (SSSR count). The molecule has 0 aliphatic carbocycles. The van der Waals surface area contributed by atoms with Crippen LogP contribution in [0.15, 0.2) is 12.1 Å². The fraction of sp³-hybridized carbons (Fsp3) is 0.357. The highest BCUT2D eigenvalue weighted by atomic mass is 35.5. The summed E-state index contributed by atoms with van der Waals surface area (Å²) in [5, 5.41) is 20.0. The Morgan fingerprint density at radius 1 is 1.57 bits per heavy atom. The van der Waals surface area contributed by atoms with Crippen LogP contribution in [0.2, 0.25) is 5.02 Å². The van der Waals surface area contributed by atoms with E-state index in [1.54, 1.807) is 13.2 Å². The lowest BCUT2D eigenvalue weighted by Crippen LogP contribution is -2.45. The van der Waals surface area contributed by atoms with Crippen LogP contribution >= 0.6 is 11.6 Å². The molecule has 1 aliphatic rings. The van der Waals surface area contributed by atoms with Crippen LogP contribution in [0.4, 0.5) is 0 Å². The maximum absolute atomic E-state index is 11.4. The van der Waals surface area contributed by atoms with E-state index in [1.807, 2.05) is 6.07 Å². The van der Waals surface area contributed by atoms with E-state index in [9.17, 15) is 15.0 Å². The molecule has 1 unspecified atom stereocenters. The monoisotopic (exact) mass is 310 g/mol. The Morgan fingerprint density at radius 2 is 2.33 bits per heavy atom. The molecular formula is C14H15ClN2O4. The van der Waals surface area contributed by atoms with Gasteiger partial charge in [-0.25, -0.2) is 0 Å². The largest absolute Gasteiger partial charge is 0.495 e. The number of benzene rings is 1. The van der Waals surface area contributed by atoms with E-state index in [0.29, 0.717) is 17.3 Å². The minimum absolute atomic E-state index is 0.290. The second-order valence-electron chi connectivity index (χ2n) is 5.03. The van der Waals surface area contributed by atoms with Crippen LogP contribution in [-0.2, 0) is 17.8 Å². The first-order chi connectivity index (χ1) is 10.1. The second kappa shape index (κ2) is 5.22. The van der Waals surface area contributed by atoms with E-state index in [2.05, 4.69) is 4.98 Å². The molecule has 0 spiro atoms. The zero-order valence-electron chi connectivity index (χ0n) is 11.4. The lowest BCUT2D eigenvalue weighted by molar-refractivity contribution is -0.145. The van der Waals surface area contributed by atoms with Crippen LogP contribution in [0, 0.1) is 0 Å². The number of fused-ring (bicyclic) bond motifs is 3. The number of H-pyrrole nitrogens is 1. The molecule has 1 aromatic heterocycles. The fourth-order valence-corrected chi connectivity index (χ4v) is 3.25. The molecule has 0 amide bonds. The molecular weight excluding hydrogens is 296 g/mol. The number of carboxylic acid groups (broad SMARTS) is 1. The van der Waals surface area contributed by atoms with E-state index in [0.717, 1.165) is 22.2 Å². The minimum Gasteiger partial charge on any atom is -0.495 e. The lowest BCUT2D eigenvalue weighted by atomic mass is 9.97. The van der Waals surface area contributed by atoms with Crippen molar-refractivity contribution in [1.82, 2.24) is 9.88 Å². The number of nitrogens with one attached hydrogen (secondary N) is 1. The maximum Gasteiger partial charge on any atom is 0.321 e. The van der Waals surface area contributed by atoms with Gasteiger partial charge in [-0.1, -0.05) is 11.6 Å². The molecule has 112 valence electrons. The van der Waals surface area contributed by atoms with Gasteiger partial charge in [0.1, 0.15) is 11.8 Å². The van der Waals surface area contributed by atoms with Crippen molar-refractivity contribution >= 4 is 28.5 Å². The van der Waals surface area contributed by atoms with Gasteiger partial charge in [0.05, 0.1) is 18.9 Å². The van der Waals surface area contributed by atoms with Gasteiger partial charge in [0, 0.05) is 29.6 Å². The highest BCUT2D eigenvalue weighted by Crippen LogP contribution is 2.38. The van der Waals surface area contributed by atoms with E-state index < -0.39 is 12.0 Å². The Morgan fingerprint density at radius 3 is 2.95 bits per heavy atom. The van der Waals surface area contributed by atoms with Crippen molar-refractivity contribution in [3.8, 4) is 5.75 Å². The molecule has 0 fully saturated rings. The maximum atomic E-state index is 11.4. The third kappa shape index (κ3) is 2.16. The molecule has 1 aromatic carbocycles. The second-order valence-corrected chi connectivity index (χ2v) is 5.41. The van der Waals surface area contributed by atoms with Crippen LogP contribution < -0.4 is 4.74 Å². The number of aliphatic hydroxyl groups is 1. The van der Waals surface area contributed by atoms with Crippen LogP contribution in [0.1, 0.15) is 11.3 Å². The van der Waals surface area contributed by atoms with Crippen molar-refractivity contribution in [2.45, 2.75) is 19.0 Å². The number of hydrogen-bond donors (Lipinski definition) is 3. The van der Waals surface area contributed by atoms with Gasteiger partial charge < -0.3 is 19.9 Å². The first-order valence-electron chi connectivity index (χ1n) is 6.50. The topological polar surface area (TPSA) is 85.8 Å². The van der Waals surface area contributed by atoms with Crippen molar-refractivity contribution in [3.05, 3.63) is 28.4 Å². The number of aromatic nitrogens is 1. The number of carbonyl (C=O) groups is 1. The number of halogens is 1. The molecule has 1 aliphatic heterocycles. The van der Waals surface area contributed by atoms with Crippen molar-refractivity contribution in [1.29, 1.82) is 0 Å². The predicted molar refractivity (Wildman–Crippen MR) is 77.6 cm³/mol. The number of aromatic amines is 1. The van der Waals surface area contributed by atoms with Gasteiger partial charge in [-0.15, -0.1) is 0 Å². The van der Waals surface area contributed by atoms with Gasteiger partial charge >= 0.3 is 5.97 Å². The number of ether oxygens (including phenoxy) is 1. The quantitative estimate of drug-likeness (QED) is 0.801. The molecule has 2 aromatic rings. The normalized spacial score (nSPS) is 18.7. The summed E-state index contributed by atoms with van der Waals surface area (Å²) in [5.74, 6) is -0.398. The Kier molecular flexibility index (Phi) is 3.52. The molecule has 0 bridgehead atoms. The van der Waals surface area contributed by atoms with Gasteiger partial charge in [0.15, 0.2) is 0 Å².